The highest BCUT2D eigenvalue weighted by atomic mass is 16.5. The van der Waals surface area contributed by atoms with Gasteiger partial charge in [0.1, 0.15) is 5.52 Å². The average molecular weight is 216 g/mol. The van der Waals surface area contributed by atoms with Gasteiger partial charge in [-0.2, -0.15) is 0 Å². The topological polar surface area (TPSA) is 39.8 Å². The molecule has 1 heterocycles. The van der Waals surface area contributed by atoms with Crippen LogP contribution in [0.25, 0.3) is 10.9 Å². The Balaban J connectivity index is 2.48. The van der Waals surface area contributed by atoms with Crippen molar-refractivity contribution in [3.05, 3.63) is 41.0 Å². The highest BCUT2D eigenvalue weighted by Gasteiger charge is 2.10. The molecular formula is C13H16N2O. The number of fused-ring (bicyclic) bond motifs is 1. The van der Waals surface area contributed by atoms with Gasteiger partial charge in [-0.15, -0.1) is 0 Å². The van der Waals surface area contributed by atoms with E-state index in [1.807, 2.05) is 25.1 Å². The maximum atomic E-state index is 12.0. The molecule has 3 heteroatoms. The van der Waals surface area contributed by atoms with Gasteiger partial charge in [0.15, 0.2) is 6.20 Å². The van der Waals surface area contributed by atoms with Crippen molar-refractivity contribution >= 4 is 10.9 Å². The molecule has 0 spiro atoms. The molecule has 3 nitrogen and oxygen atoms in total. The number of rotatable bonds is 3. The number of hydrogen-bond acceptors (Lipinski definition) is 2. The molecule has 0 fully saturated rings. The molecule has 16 heavy (non-hydrogen) atoms. The molecule has 84 valence electrons. The van der Waals surface area contributed by atoms with Crippen LogP contribution in [0.3, 0.4) is 0 Å². The van der Waals surface area contributed by atoms with Gasteiger partial charge in [0.25, 0.3) is 0 Å². The second-order valence-corrected chi connectivity index (χ2v) is 4.13. The molecule has 0 radical (unpaired) electrons. The number of benzene rings is 1. The van der Waals surface area contributed by atoms with Gasteiger partial charge in [-0.05, 0) is 25.5 Å². The maximum Gasteiger partial charge on any atom is 0.301 e. The molecule has 0 atom stereocenters. The van der Waals surface area contributed by atoms with Crippen molar-refractivity contribution in [2.24, 2.45) is 0 Å². The summed E-state index contributed by atoms with van der Waals surface area (Å²) < 4.78 is 0.963. The lowest BCUT2D eigenvalue weighted by Gasteiger charge is -2.09. The maximum absolute atomic E-state index is 12.0. The predicted octanol–water partition coefficient (Wildman–Crippen LogP) is 2.52. The average Bonchev–Trinajstić information content (AvgIpc) is 2.28. The van der Waals surface area contributed by atoms with Crippen molar-refractivity contribution in [1.29, 1.82) is 0 Å². The van der Waals surface area contributed by atoms with Crippen LogP contribution in [0.15, 0.2) is 24.4 Å². The van der Waals surface area contributed by atoms with Crippen molar-refractivity contribution in [3.63, 3.8) is 0 Å². The quantitative estimate of drug-likeness (QED) is 0.584. The van der Waals surface area contributed by atoms with Gasteiger partial charge < -0.3 is 5.21 Å². The summed E-state index contributed by atoms with van der Waals surface area (Å²) in [5.41, 5.74) is 1.86. The molecule has 0 saturated heterocycles. The predicted molar refractivity (Wildman–Crippen MR) is 64.1 cm³/mol. The zero-order chi connectivity index (χ0) is 11.5. The Bertz CT molecular complexity index is 509. The molecule has 0 aliphatic rings. The number of aryl methyl sites for hydroxylation is 2. The summed E-state index contributed by atoms with van der Waals surface area (Å²) in [7, 11) is 0. The van der Waals surface area contributed by atoms with Gasteiger partial charge in [0.2, 0.25) is 0 Å². The van der Waals surface area contributed by atoms with Crippen LogP contribution in [0, 0.1) is 12.1 Å². The van der Waals surface area contributed by atoms with Crippen LogP contribution in [0.5, 0.6) is 0 Å². The monoisotopic (exact) mass is 216 g/mol. The Labute approximate surface area is 95.3 Å². The van der Waals surface area contributed by atoms with Gasteiger partial charge in [-0.25, -0.2) is 4.73 Å². The lowest BCUT2D eigenvalue weighted by molar-refractivity contribution is -0.589. The van der Waals surface area contributed by atoms with Crippen LogP contribution in [-0.4, -0.2) is 4.98 Å². The van der Waals surface area contributed by atoms with Crippen LogP contribution in [-0.2, 0) is 6.42 Å². The molecule has 0 amide bonds. The molecule has 0 bridgehead atoms. The second-order valence-electron chi connectivity index (χ2n) is 4.13. The summed E-state index contributed by atoms with van der Waals surface area (Å²) in [5.74, 6) is 0.623. The molecule has 0 saturated carbocycles. The van der Waals surface area contributed by atoms with E-state index >= 15 is 0 Å². The van der Waals surface area contributed by atoms with E-state index in [0.29, 0.717) is 11.3 Å². The van der Waals surface area contributed by atoms with Gasteiger partial charge >= 0.3 is 5.82 Å². The first-order valence-corrected chi connectivity index (χ1v) is 5.70. The standard InChI is InChI=1S/C13H16N2O/c1-3-4-5-13-14-9-11-8-10(2)6-7-12(11)15(13)16/h6-9H,3-5H2,1-2H3. The first kappa shape index (κ1) is 10.9. The highest BCUT2D eigenvalue weighted by molar-refractivity contribution is 5.75. The minimum absolute atomic E-state index is 0.623. The molecule has 0 aliphatic carbocycles. The first-order chi connectivity index (χ1) is 7.72. The number of hydrogen-bond donors (Lipinski definition) is 0. The van der Waals surface area contributed by atoms with Crippen molar-refractivity contribution in [2.75, 3.05) is 0 Å². The van der Waals surface area contributed by atoms with Crippen molar-refractivity contribution in [1.82, 2.24) is 4.98 Å². The minimum atomic E-state index is 0.623. The van der Waals surface area contributed by atoms with Crippen LogP contribution in [0.2, 0.25) is 0 Å². The third kappa shape index (κ3) is 1.98. The van der Waals surface area contributed by atoms with E-state index in [-0.39, 0.29) is 0 Å². The van der Waals surface area contributed by atoms with Crippen LogP contribution >= 0.6 is 0 Å². The minimum Gasteiger partial charge on any atom is -0.710 e. The summed E-state index contributed by atoms with van der Waals surface area (Å²) in [6, 6.07) is 5.81. The first-order valence-electron chi connectivity index (χ1n) is 5.70. The van der Waals surface area contributed by atoms with Crippen molar-refractivity contribution < 1.29 is 4.73 Å². The summed E-state index contributed by atoms with van der Waals surface area (Å²) in [4.78, 5) is 4.24. The normalized spacial score (nSPS) is 10.9. The van der Waals surface area contributed by atoms with E-state index in [4.69, 9.17) is 0 Å². The van der Waals surface area contributed by atoms with E-state index in [1.54, 1.807) is 6.20 Å². The van der Waals surface area contributed by atoms with Gasteiger partial charge in [-0.3, -0.25) is 0 Å². The van der Waals surface area contributed by atoms with Crippen molar-refractivity contribution in [3.8, 4) is 0 Å². The van der Waals surface area contributed by atoms with Crippen LogP contribution < -0.4 is 4.73 Å². The number of unbranched alkanes of at least 4 members (excludes halogenated alkanes) is 1. The Morgan fingerprint density at radius 3 is 2.94 bits per heavy atom. The zero-order valence-corrected chi connectivity index (χ0v) is 9.73. The zero-order valence-electron chi connectivity index (χ0n) is 9.73. The molecular weight excluding hydrogens is 200 g/mol. The van der Waals surface area contributed by atoms with Gasteiger partial charge in [0, 0.05) is 0 Å². The lowest BCUT2D eigenvalue weighted by atomic mass is 10.1. The van der Waals surface area contributed by atoms with Crippen molar-refractivity contribution in [2.45, 2.75) is 33.1 Å². The van der Waals surface area contributed by atoms with Crippen LogP contribution in [0.1, 0.15) is 31.2 Å². The van der Waals surface area contributed by atoms with Gasteiger partial charge in [0.05, 0.1) is 11.8 Å². The molecule has 0 unspecified atom stereocenters. The molecule has 2 aromatic rings. The largest absolute Gasteiger partial charge is 0.710 e. The van der Waals surface area contributed by atoms with E-state index in [1.165, 1.54) is 0 Å². The van der Waals surface area contributed by atoms with Gasteiger partial charge in [-0.1, -0.05) is 30.0 Å². The lowest BCUT2D eigenvalue weighted by Crippen LogP contribution is -2.34. The fourth-order valence-electron chi connectivity index (χ4n) is 1.80. The van der Waals surface area contributed by atoms with E-state index in [9.17, 15) is 5.21 Å². The fraction of sp³-hybridized carbons (Fsp3) is 0.385. The summed E-state index contributed by atoms with van der Waals surface area (Å²) in [6.07, 6.45) is 4.63. The second kappa shape index (κ2) is 4.47. The summed E-state index contributed by atoms with van der Waals surface area (Å²) in [6.45, 7) is 4.12. The molecule has 0 aliphatic heterocycles. The Kier molecular flexibility index (Phi) is 3.04. The van der Waals surface area contributed by atoms with E-state index in [0.717, 1.165) is 34.9 Å². The Morgan fingerprint density at radius 2 is 2.19 bits per heavy atom. The molecule has 2 rings (SSSR count). The molecule has 0 N–H and O–H groups in total. The summed E-state index contributed by atoms with van der Waals surface area (Å²) >= 11 is 0. The summed E-state index contributed by atoms with van der Waals surface area (Å²) in [5, 5.41) is 12.9. The third-order valence-electron chi connectivity index (χ3n) is 2.74. The number of aromatic nitrogens is 2. The third-order valence-corrected chi connectivity index (χ3v) is 2.74. The highest BCUT2D eigenvalue weighted by Crippen LogP contribution is 2.12. The molecule has 1 aromatic carbocycles. The Morgan fingerprint density at radius 1 is 1.38 bits per heavy atom. The molecule has 1 aromatic heterocycles. The smallest absolute Gasteiger partial charge is 0.301 e. The SMILES string of the molecule is CCCCc1ncc2cc(C)ccc2[n+]1[O-]. The Hall–Kier alpha value is -1.64. The van der Waals surface area contributed by atoms with Crippen LogP contribution in [0.4, 0.5) is 0 Å². The fourth-order valence-corrected chi connectivity index (χ4v) is 1.80. The van der Waals surface area contributed by atoms with E-state index in [2.05, 4.69) is 11.9 Å². The number of nitrogens with zero attached hydrogens (tertiary/aromatic N) is 2. The van der Waals surface area contributed by atoms with E-state index < -0.39 is 0 Å².